The Kier molecular flexibility index (Phi) is 6.54. The molecule has 0 bridgehead atoms. The van der Waals surface area contributed by atoms with Gasteiger partial charge in [0.05, 0.1) is 12.1 Å². The molecule has 0 fully saturated rings. The monoisotopic (exact) mass is 303 g/mol. The highest BCUT2D eigenvalue weighted by molar-refractivity contribution is 5.85. The van der Waals surface area contributed by atoms with Crippen LogP contribution in [-0.4, -0.2) is 17.6 Å². The van der Waals surface area contributed by atoms with Crippen molar-refractivity contribution in [2.24, 2.45) is 5.73 Å². The molecule has 0 radical (unpaired) electrons. The number of ether oxygens (including phenoxy) is 1. The molecular weight excluding hydrogens is 290 g/mol. The summed E-state index contributed by atoms with van der Waals surface area (Å²) in [6, 6.07) is 1.99. The molecule has 19 heavy (non-hydrogen) atoms. The average molecular weight is 304 g/mol. The third-order valence-electron chi connectivity index (χ3n) is 2.40. The standard InChI is InChI=1S/C11H13F4NO2.ClH/c1-2-8(17)10(16)6-3-4-9(7(12)5-6)18-11(13,14)15;/h3-5,8,10,17H,2,16H2,1H3;1H/t8-,10+;/m0./s1. The first-order valence-electron chi connectivity index (χ1n) is 5.23. The fourth-order valence-electron chi connectivity index (χ4n) is 1.41. The zero-order valence-electron chi connectivity index (χ0n) is 9.95. The lowest BCUT2D eigenvalue weighted by atomic mass is 10.0. The van der Waals surface area contributed by atoms with Crippen molar-refractivity contribution in [1.29, 1.82) is 0 Å². The summed E-state index contributed by atoms with van der Waals surface area (Å²) in [4.78, 5) is 0. The Labute approximate surface area is 113 Å². The van der Waals surface area contributed by atoms with Gasteiger partial charge in [0, 0.05) is 0 Å². The maximum Gasteiger partial charge on any atom is 0.573 e. The second kappa shape index (κ2) is 6.93. The number of alkyl halides is 3. The summed E-state index contributed by atoms with van der Waals surface area (Å²) in [6.07, 6.45) is -5.49. The van der Waals surface area contributed by atoms with Gasteiger partial charge >= 0.3 is 6.36 Å². The topological polar surface area (TPSA) is 55.5 Å². The Morgan fingerprint density at radius 3 is 2.37 bits per heavy atom. The maximum absolute atomic E-state index is 13.3. The van der Waals surface area contributed by atoms with Gasteiger partial charge in [-0.2, -0.15) is 0 Å². The Hall–Kier alpha value is -1.05. The summed E-state index contributed by atoms with van der Waals surface area (Å²) >= 11 is 0. The van der Waals surface area contributed by atoms with E-state index in [2.05, 4.69) is 4.74 Å². The van der Waals surface area contributed by atoms with Crippen molar-refractivity contribution < 1.29 is 27.4 Å². The predicted molar refractivity (Wildman–Crippen MR) is 63.6 cm³/mol. The van der Waals surface area contributed by atoms with Crippen molar-refractivity contribution in [3.05, 3.63) is 29.6 Å². The number of halogens is 5. The van der Waals surface area contributed by atoms with Crippen LogP contribution in [0.1, 0.15) is 24.9 Å². The fraction of sp³-hybridized carbons (Fsp3) is 0.455. The van der Waals surface area contributed by atoms with Crippen molar-refractivity contribution in [2.75, 3.05) is 0 Å². The molecule has 0 spiro atoms. The van der Waals surface area contributed by atoms with Crippen LogP contribution in [0.5, 0.6) is 5.75 Å². The van der Waals surface area contributed by atoms with E-state index in [1.54, 1.807) is 6.92 Å². The highest BCUT2D eigenvalue weighted by Gasteiger charge is 2.32. The molecule has 1 aromatic rings. The van der Waals surface area contributed by atoms with Gasteiger partial charge in [0.25, 0.3) is 0 Å². The molecular formula is C11H14ClF4NO2. The molecule has 0 unspecified atom stereocenters. The highest BCUT2D eigenvalue weighted by atomic mass is 35.5. The molecule has 1 aromatic carbocycles. The normalized spacial score (nSPS) is 14.5. The number of aliphatic hydroxyl groups excluding tert-OH is 1. The molecule has 0 aromatic heterocycles. The zero-order valence-corrected chi connectivity index (χ0v) is 10.8. The lowest BCUT2D eigenvalue weighted by Crippen LogP contribution is -2.25. The minimum Gasteiger partial charge on any atom is -0.403 e. The van der Waals surface area contributed by atoms with Gasteiger partial charge in [-0.3, -0.25) is 0 Å². The molecule has 0 saturated heterocycles. The molecule has 0 aliphatic carbocycles. The van der Waals surface area contributed by atoms with E-state index >= 15 is 0 Å². The second-order valence-electron chi connectivity index (χ2n) is 3.74. The molecule has 3 nitrogen and oxygen atoms in total. The molecule has 8 heteroatoms. The number of nitrogens with two attached hydrogens (primary N) is 1. The van der Waals surface area contributed by atoms with E-state index in [9.17, 15) is 22.7 Å². The largest absolute Gasteiger partial charge is 0.573 e. The minimum absolute atomic E-state index is 0. The lowest BCUT2D eigenvalue weighted by molar-refractivity contribution is -0.275. The number of rotatable bonds is 4. The quantitative estimate of drug-likeness (QED) is 0.841. The van der Waals surface area contributed by atoms with Crippen molar-refractivity contribution >= 4 is 12.4 Å². The molecule has 0 amide bonds. The van der Waals surface area contributed by atoms with Crippen molar-refractivity contribution in [3.63, 3.8) is 0 Å². The van der Waals surface area contributed by atoms with Crippen LogP contribution in [0.2, 0.25) is 0 Å². The number of benzene rings is 1. The van der Waals surface area contributed by atoms with E-state index in [0.717, 1.165) is 12.1 Å². The Balaban J connectivity index is 0.00000324. The maximum atomic E-state index is 13.3. The van der Waals surface area contributed by atoms with E-state index in [1.807, 2.05) is 0 Å². The number of hydrogen-bond donors (Lipinski definition) is 2. The second-order valence-corrected chi connectivity index (χ2v) is 3.74. The van der Waals surface area contributed by atoms with Crippen molar-refractivity contribution in [2.45, 2.75) is 31.9 Å². The van der Waals surface area contributed by atoms with Crippen LogP contribution < -0.4 is 10.5 Å². The summed E-state index contributed by atoms with van der Waals surface area (Å²) < 4.78 is 52.6. The van der Waals surface area contributed by atoms with E-state index < -0.39 is 30.1 Å². The molecule has 110 valence electrons. The Bertz CT molecular complexity index is 414. The van der Waals surface area contributed by atoms with Gasteiger partial charge in [0.2, 0.25) is 0 Å². The van der Waals surface area contributed by atoms with Crippen LogP contribution >= 0.6 is 12.4 Å². The Morgan fingerprint density at radius 2 is 1.95 bits per heavy atom. The first kappa shape index (κ1) is 17.9. The van der Waals surface area contributed by atoms with E-state index in [4.69, 9.17) is 5.73 Å². The van der Waals surface area contributed by atoms with Crippen molar-refractivity contribution in [1.82, 2.24) is 0 Å². The van der Waals surface area contributed by atoms with Gasteiger partial charge in [-0.1, -0.05) is 13.0 Å². The molecule has 0 aliphatic heterocycles. The molecule has 3 N–H and O–H groups in total. The SMILES string of the molecule is CC[C@H](O)[C@H](N)c1ccc(OC(F)(F)F)c(F)c1.Cl. The van der Waals surface area contributed by atoms with Crippen LogP contribution in [0, 0.1) is 5.82 Å². The fourth-order valence-corrected chi connectivity index (χ4v) is 1.41. The molecule has 0 heterocycles. The van der Waals surface area contributed by atoms with E-state index in [-0.39, 0.29) is 18.0 Å². The third kappa shape index (κ3) is 5.22. The highest BCUT2D eigenvalue weighted by Crippen LogP contribution is 2.28. The van der Waals surface area contributed by atoms with Gasteiger partial charge in [0.1, 0.15) is 0 Å². The summed E-state index contributed by atoms with van der Waals surface area (Å²) in [5.74, 6) is -2.10. The number of hydrogen-bond acceptors (Lipinski definition) is 3. The first-order valence-corrected chi connectivity index (χ1v) is 5.23. The molecule has 2 atom stereocenters. The smallest absolute Gasteiger partial charge is 0.403 e. The van der Waals surface area contributed by atoms with Gasteiger partial charge in [0.15, 0.2) is 11.6 Å². The molecule has 0 saturated carbocycles. The van der Waals surface area contributed by atoms with Crippen molar-refractivity contribution in [3.8, 4) is 5.75 Å². The number of aliphatic hydroxyl groups is 1. The van der Waals surface area contributed by atoms with E-state index in [0.29, 0.717) is 6.42 Å². The van der Waals surface area contributed by atoms with Gasteiger partial charge in [-0.25, -0.2) is 4.39 Å². The van der Waals surface area contributed by atoms with Crippen LogP contribution in [0.3, 0.4) is 0 Å². The average Bonchev–Trinajstić information content (AvgIpc) is 2.28. The summed E-state index contributed by atoms with van der Waals surface area (Å²) in [6.45, 7) is 1.68. The summed E-state index contributed by atoms with van der Waals surface area (Å²) in [5.41, 5.74) is 5.82. The Morgan fingerprint density at radius 1 is 1.37 bits per heavy atom. The zero-order chi connectivity index (χ0) is 13.9. The third-order valence-corrected chi connectivity index (χ3v) is 2.40. The summed E-state index contributed by atoms with van der Waals surface area (Å²) in [7, 11) is 0. The van der Waals surface area contributed by atoms with Gasteiger partial charge < -0.3 is 15.6 Å². The van der Waals surface area contributed by atoms with Gasteiger partial charge in [-0.15, -0.1) is 25.6 Å². The summed E-state index contributed by atoms with van der Waals surface area (Å²) in [5, 5.41) is 9.47. The lowest BCUT2D eigenvalue weighted by Gasteiger charge is -2.18. The van der Waals surface area contributed by atoms with Crippen LogP contribution in [-0.2, 0) is 0 Å². The van der Waals surface area contributed by atoms with Crippen LogP contribution in [0.25, 0.3) is 0 Å². The van der Waals surface area contributed by atoms with Crippen LogP contribution in [0.4, 0.5) is 17.6 Å². The minimum atomic E-state index is -4.95. The molecule has 1 rings (SSSR count). The molecule has 0 aliphatic rings. The van der Waals surface area contributed by atoms with Gasteiger partial charge in [-0.05, 0) is 24.1 Å². The van der Waals surface area contributed by atoms with Crippen LogP contribution in [0.15, 0.2) is 18.2 Å². The predicted octanol–water partition coefficient (Wildman–Crippen LogP) is 2.92. The first-order chi connectivity index (χ1) is 8.24. The van der Waals surface area contributed by atoms with E-state index in [1.165, 1.54) is 6.07 Å².